The number of hydrogen-bond acceptors (Lipinski definition) is 3. The van der Waals surface area contributed by atoms with Crippen LogP contribution in [0.3, 0.4) is 0 Å². The summed E-state index contributed by atoms with van der Waals surface area (Å²) in [6, 6.07) is 12.7. The van der Waals surface area contributed by atoms with Crippen LogP contribution in [0.1, 0.15) is 11.7 Å². The highest BCUT2D eigenvalue weighted by Gasteiger charge is 2.19. The smallest absolute Gasteiger partial charge is 0.235 e. The molecule has 0 aliphatic rings. The zero-order chi connectivity index (χ0) is 15.5. The lowest BCUT2D eigenvalue weighted by Gasteiger charge is -2.13. The quantitative estimate of drug-likeness (QED) is 0.871. The number of benzene rings is 2. The predicted octanol–water partition coefficient (Wildman–Crippen LogP) is 3.47. The van der Waals surface area contributed by atoms with Crippen LogP contribution in [-0.4, -0.2) is 19.3 Å². The molecule has 1 unspecified atom stereocenters. The number of anilines is 1. The SMILES string of the molecule is O=S(=O)(CC(O)c1cccc(Cl)c1)Nc1ccc(Cl)cc1. The van der Waals surface area contributed by atoms with Crippen LogP contribution in [0.5, 0.6) is 0 Å². The van der Waals surface area contributed by atoms with E-state index in [1.165, 1.54) is 6.07 Å². The molecule has 7 heteroatoms. The van der Waals surface area contributed by atoms with E-state index < -0.39 is 21.9 Å². The second kappa shape index (κ2) is 6.66. The Balaban J connectivity index is 2.08. The first kappa shape index (κ1) is 16.1. The Morgan fingerprint density at radius 2 is 1.71 bits per heavy atom. The molecule has 1 atom stereocenters. The minimum Gasteiger partial charge on any atom is -0.387 e. The van der Waals surface area contributed by atoms with Gasteiger partial charge in [0, 0.05) is 15.7 Å². The van der Waals surface area contributed by atoms with E-state index in [2.05, 4.69) is 4.72 Å². The first-order chi connectivity index (χ1) is 9.85. The van der Waals surface area contributed by atoms with E-state index >= 15 is 0 Å². The van der Waals surface area contributed by atoms with Crippen molar-refractivity contribution >= 4 is 38.9 Å². The summed E-state index contributed by atoms with van der Waals surface area (Å²) in [7, 11) is -3.69. The van der Waals surface area contributed by atoms with Crippen LogP contribution in [0.25, 0.3) is 0 Å². The first-order valence-electron chi connectivity index (χ1n) is 6.05. The number of sulfonamides is 1. The highest BCUT2D eigenvalue weighted by atomic mass is 35.5. The maximum absolute atomic E-state index is 12.0. The van der Waals surface area contributed by atoms with E-state index in [4.69, 9.17) is 23.2 Å². The Morgan fingerprint density at radius 1 is 1.05 bits per heavy atom. The third-order valence-electron chi connectivity index (χ3n) is 2.73. The van der Waals surface area contributed by atoms with Crippen molar-refractivity contribution in [3.8, 4) is 0 Å². The normalized spacial score (nSPS) is 12.9. The van der Waals surface area contributed by atoms with Crippen molar-refractivity contribution in [1.29, 1.82) is 0 Å². The predicted molar refractivity (Wildman–Crippen MR) is 85.3 cm³/mol. The molecule has 0 aromatic heterocycles. The van der Waals surface area contributed by atoms with E-state index in [1.807, 2.05) is 0 Å². The summed E-state index contributed by atoms with van der Waals surface area (Å²) in [5, 5.41) is 11.0. The van der Waals surface area contributed by atoms with Crippen LogP contribution in [-0.2, 0) is 10.0 Å². The Labute approximate surface area is 133 Å². The second-order valence-electron chi connectivity index (χ2n) is 4.46. The zero-order valence-corrected chi connectivity index (χ0v) is 13.2. The summed E-state index contributed by atoms with van der Waals surface area (Å²) in [4.78, 5) is 0. The highest BCUT2D eigenvalue weighted by molar-refractivity contribution is 7.92. The molecule has 0 spiro atoms. The molecule has 112 valence electrons. The minimum atomic E-state index is -3.69. The Kier molecular flexibility index (Phi) is 5.11. The van der Waals surface area contributed by atoms with E-state index in [9.17, 15) is 13.5 Å². The monoisotopic (exact) mass is 345 g/mol. The summed E-state index contributed by atoms with van der Waals surface area (Å²) >= 11 is 11.5. The molecule has 2 N–H and O–H groups in total. The second-order valence-corrected chi connectivity index (χ2v) is 7.10. The van der Waals surface area contributed by atoms with Gasteiger partial charge in [0.05, 0.1) is 11.9 Å². The van der Waals surface area contributed by atoms with Gasteiger partial charge in [-0.15, -0.1) is 0 Å². The van der Waals surface area contributed by atoms with Gasteiger partial charge in [0.2, 0.25) is 10.0 Å². The maximum atomic E-state index is 12.0. The number of rotatable bonds is 5. The number of aliphatic hydroxyl groups excluding tert-OH is 1. The van der Waals surface area contributed by atoms with Gasteiger partial charge in [0.15, 0.2) is 0 Å². The van der Waals surface area contributed by atoms with Crippen LogP contribution >= 0.6 is 23.2 Å². The van der Waals surface area contributed by atoms with Crippen molar-refractivity contribution < 1.29 is 13.5 Å². The molecule has 0 saturated heterocycles. The summed E-state index contributed by atoms with van der Waals surface area (Å²) < 4.78 is 26.4. The molecular formula is C14H13Cl2NO3S. The van der Waals surface area contributed by atoms with Crippen molar-refractivity contribution in [1.82, 2.24) is 0 Å². The fourth-order valence-electron chi connectivity index (χ4n) is 1.76. The fourth-order valence-corrected chi connectivity index (χ4v) is 3.27. The van der Waals surface area contributed by atoms with Gasteiger partial charge < -0.3 is 5.11 Å². The molecule has 0 amide bonds. The molecule has 0 aliphatic heterocycles. The third kappa shape index (κ3) is 4.89. The molecular weight excluding hydrogens is 333 g/mol. The largest absolute Gasteiger partial charge is 0.387 e. The van der Waals surface area contributed by atoms with Crippen LogP contribution in [0.4, 0.5) is 5.69 Å². The topological polar surface area (TPSA) is 66.4 Å². The van der Waals surface area contributed by atoms with Crippen molar-refractivity contribution in [2.45, 2.75) is 6.10 Å². The van der Waals surface area contributed by atoms with Gasteiger partial charge in [-0.1, -0.05) is 35.3 Å². The minimum absolute atomic E-state index is 0.387. The molecule has 2 aromatic rings. The Bertz CT molecular complexity index is 717. The molecule has 4 nitrogen and oxygen atoms in total. The van der Waals surface area contributed by atoms with Crippen molar-refractivity contribution in [2.24, 2.45) is 0 Å². The fraction of sp³-hybridized carbons (Fsp3) is 0.143. The number of aliphatic hydroxyl groups is 1. The molecule has 0 aliphatic carbocycles. The van der Waals surface area contributed by atoms with Gasteiger partial charge in [0.25, 0.3) is 0 Å². The van der Waals surface area contributed by atoms with Gasteiger partial charge in [-0.2, -0.15) is 0 Å². The van der Waals surface area contributed by atoms with Crippen molar-refractivity contribution in [2.75, 3.05) is 10.5 Å². The molecule has 0 heterocycles. The van der Waals surface area contributed by atoms with Gasteiger partial charge in [0.1, 0.15) is 0 Å². The average molecular weight is 346 g/mol. The average Bonchev–Trinajstić information content (AvgIpc) is 2.40. The van der Waals surface area contributed by atoms with Crippen molar-refractivity contribution in [3.05, 3.63) is 64.1 Å². The summed E-state index contributed by atoms with van der Waals surface area (Å²) in [5.74, 6) is -0.462. The molecule has 0 fully saturated rings. The van der Waals surface area contributed by atoms with Crippen LogP contribution in [0, 0.1) is 0 Å². The molecule has 2 rings (SSSR count). The van der Waals surface area contributed by atoms with Crippen LogP contribution in [0.2, 0.25) is 10.0 Å². The highest BCUT2D eigenvalue weighted by Crippen LogP contribution is 2.21. The lowest BCUT2D eigenvalue weighted by molar-refractivity contribution is 0.202. The molecule has 0 saturated carbocycles. The third-order valence-corrected chi connectivity index (χ3v) is 4.52. The summed E-state index contributed by atoms with van der Waals surface area (Å²) in [5.41, 5.74) is 0.835. The molecule has 0 bridgehead atoms. The van der Waals surface area contributed by atoms with Gasteiger partial charge in [-0.05, 0) is 42.0 Å². The van der Waals surface area contributed by atoms with Gasteiger partial charge >= 0.3 is 0 Å². The van der Waals surface area contributed by atoms with Crippen molar-refractivity contribution in [3.63, 3.8) is 0 Å². The summed E-state index contributed by atoms with van der Waals surface area (Å²) in [6.45, 7) is 0. The maximum Gasteiger partial charge on any atom is 0.235 e. The standard InChI is InChI=1S/C14H13Cl2NO3S/c15-11-4-6-13(7-5-11)17-21(19,20)9-14(18)10-2-1-3-12(16)8-10/h1-8,14,17-18H,9H2. The number of hydrogen-bond donors (Lipinski definition) is 2. The molecule has 0 radical (unpaired) electrons. The van der Waals surface area contributed by atoms with E-state index in [1.54, 1.807) is 42.5 Å². The van der Waals surface area contributed by atoms with Crippen LogP contribution < -0.4 is 4.72 Å². The van der Waals surface area contributed by atoms with Gasteiger partial charge in [-0.25, -0.2) is 8.42 Å². The number of nitrogens with one attached hydrogen (secondary N) is 1. The lowest BCUT2D eigenvalue weighted by atomic mass is 10.1. The first-order valence-corrected chi connectivity index (χ1v) is 8.46. The molecule has 2 aromatic carbocycles. The zero-order valence-electron chi connectivity index (χ0n) is 10.8. The number of halogens is 2. The lowest BCUT2D eigenvalue weighted by Crippen LogP contribution is -2.21. The van der Waals surface area contributed by atoms with E-state index in [-0.39, 0.29) is 0 Å². The van der Waals surface area contributed by atoms with E-state index in [0.717, 1.165) is 0 Å². The van der Waals surface area contributed by atoms with Crippen LogP contribution in [0.15, 0.2) is 48.5 Å². The Morgan fingerprint density at radius 3 is 2.33 bits per heavy atom. The molecule has 21 heavy (non-hydrogen) atoms. The summed E-state index contributed by atoms with van der Waals surface area (Å²) in [6.07, 6.45) is -1.16. The van der Waals surface area contributed by atoms with Gasteiger partial charge in [-0.3, -0.25) is 4.72 Å². The van der Waals surface area contributed by atoms with E-state index in [0.29, 0.717) is 21.3 Å². The Hall–Kier alpha value is -1.27.